The first kappa shape index (κ1) is 28.0. The Morgan fingerprint density at radius 1 is 1.12 bits per heavy atom. The molecule has 1 aliphatic rings. The first-order chi connectivity index (χ1) is 19.2. The fraction of sp³-hybridized carbons (Fsp3) is 0.379. The van der Waals surface area contributed by atoms with E-state index in [2.05, 4.69) is 27.1 Å². The average molecular weight is 570 g/mol. The van der Waals surface area contributed by atoms with Crippen LogP contribution in [-0.2, 0) is 17.4 Å². The van der Waals surface area contributed by atoms with Gasteiger partial charge in [0.15, 0.2) is 10.9 Å². The number of alkyl halides is 3. The predicted octanol–water partition coefficient (Wildman–Crippen LogP) is 7.33. The molecule has 7 nitrogen and oxygen atoms in total. The van der Waals surface area contributed by atoms with Gasteiger partial charge in [-0.1, -0.05) is 42.9 Å². The highest BCUT2D eigenvalue weighted by Crippen LogP contribution is 2.36. The highest BCUT2D eigenvalue weighted by atomic mass is 32.1. The number of para-hydroxylation sites is 1. The molecule has 1 amide bonds. The maximum absolute atomic E-state index is 13.2. The highest BCUT2D eigenvalue weighted by molar-refractivity contribution is 7.22. The van der Waals surface area contributed by atoms with Crippen molar-refractivity contribution in [3.63, 3.8) is 0 Å². The molecule has 1 atom stereocenters. The van der Waals surface area contributed by atoms with E-state index in [0.29, 0.717) is 45.9 Å². The molecule has 0 radical (unpaired) electrons. The Labute approximate surface area is 234 Å². The molecule has 210 valence electrons. The SMILES string of the molecule is CCC1CCCCN1CCc1nc(Oc2cccc3sc(NC(C)=O)nc23)cc(-c2ccc(C(F)(F)F)cc2)n1. The van der Waals surface area contributed by atoms with E-state index in [1.807, 2.05) is 12.1 Å². The highest BCUT2D eigenvalue weighted by Gasteiger charge is 2.30. The number of carbonyl (C=O) groups is 1. The molecule has 2 aromatic carbocycles. The second kappa shape index (κ2) is 11.9. The van der Waals surface area contributed by atoms with E-state index in [1.54, 1.807) is 12.1 Å². The zero-order valence-electron chi connectivity index (χ0n) is 22.3. The van der Waals surface area contributed by atoms with E-state index < -0.39 is 11.7 Å². The summed E-state index contributed by atoms with van der Waals surface area (Å²) in [5.74, 6) is 1.06. The summed E-state index contributed by atoms with van der Waals surface area (Å²) in [6, 6.07) is 12.6. The Balaban J connectivity index is 1.47. The molecule has 3 heterocycles. The Hall–Kier alpha value is -3.57. The van der Waals surface area contributed by atoms with Gasteiger partial charge < -0.3 is 10.1 Å². The van der Waals surface area contributed by atoms with E-state index in [9.17, 15) is 18.0 Å². The largest absolute Gasteiger partial charge is 0.437 e. The molecule has 0 spiro atoms. The first-order valence-corrected chi connectivity index (χ1v) is 14.2. The average Bonchev–Trinajstić information content (AvgIpc) is 3.34. The summed E-state index contributed by atoms with van der Waals surface area (Å²) < 4.78 is 46.5. The van der Waals surface area contributed by atoms with Crippen molar-refractivity contribution < 1.29 is 22.7 Å². The Morgan fingerprint density at radius 2 is 1.93 bits per heavy atom. The van der Waals surface area contributed by atoms with E-state index >= 15 is 0 Å². The van der Waals surface area contributed by atoms with Gasteiger partial charge in [-0.15, -0.1) is 0 Å². The summed E-state index contributed by atoms with van der Waals surface area (Å²) in [5.41, 5.74) is 0.865. The summed E-state index contributed by atoms with van der Waals surface area (Å²) in [5, 5.41) is 3.16. The molecule has 1 fully saturated rings. The van der Waals surface area contributed by atoms with Gasteiger partial charge in [0.2, 0.25) is 11.8 Å². The van der Waals surface area contributed by atoms with Crippen molar-refractivity contribution in [1.82, 2.24) is 19.9 Å². The molecular formula is C29H30F3N5O2S. The molecule has 4 aromatic rings. The molecule has 0 bridgehead atoms. The van der Waals surface area contributed by atoms with Crippen LogP contribution in [0.4, 0.5) is 18.3 Å². The monoisotopic (exact) mass is 569 g/mol. The van der Waals surface area contributed by atoms with Crippen LogP contribution >= 0.6 is 11.3 Å². The number of thiazole rings is 1. The first-order valence-electron chi connectivity index (χ1n) is 13.3. The van der Waals surface area contributed by atoms with Crippen molar-refractivity contribution >= 4 is 32.6 Å². The molecule has 11 heteroatoms. The fourth-order valence-corrected chi connectivity index (χ4v) is 5.93. The minimum Gasteiger partial charge on any atom is -0.437 e. The van der Waals surface area contributed by atoms with Gasteiger partial charge in [0, 0.05) is 37.6 Å². The van der Waals surface area contributed by atoms with Gasteiger partial charge in [-0.05, 0) is 50.1 Å². The molecule has 1 saturated heterocycles. The number of aromatic nitrogens is 3. The van der Waals surface area contributed by atoms with Crippen LogP contribution in [0.1, 0.15) is 50.9 Å². The summed E-state index contributed by atoms with van der Waals surface area (Å²) in [4.78, 5) is 27.9. The van der Waals surface area contributed by atoms with Crippen LogP contribution < -0.4 is 10.1 Å². The molecule has 5 rings (SSSR count). The number of amides is 1. The van der Waals surface area contributed by atoms with Crippen LogP contribution in [0.3, 0.4) is 0 Å². The summed E-state index contributed by atoms with van der Waals surface area (Å²) >= 11 is 1.33. The molecule has 1 aliphatic heterocycles. The van der Waals surface area contributed by atoms with E-state index in [1.165, 1.54) is 43.2 Å². The lowest BCUT2D eigenvalue weighted by Gasteiger charge is -2.35. The Kier molecular flexibility index (Phi) is 8.32. The van der Waals surface area contributed by atoms with Crippen LogP contribution in [-0.4, -0.2) is 44.9 Å². The summed E-state index contributed by atoms with van der Waals surface area (Å²) in [7, 11) is 0. The second-order valence-corrected chi connectivity index (χ2v) is 10.9. The number of benzene rings is 2. The van der Waals surface area contributed by atoms with Crippen molar-refractivity contribution in [2.45, 2.75) is 58.2 Å². The lowest BCUT2D eigenvalue weighted by molar-refractivity contribution is -0.137. The lowest BCUT2D eigenvalue weighted by Crippen LogP contribution is -2.40. The number of likely N-dealkylation sites (tertiary alicyclic amines) is 1. The van der Waals surface area contributed by atoms with Crippen LogP contribution in [0, 0.1) is 0 Å². The van der Waals surface area contributed by atoms with Crippen LogP contribution in [0.25, 0.3) is 21.5 Å². The van der Waals surface area contributed by atoms with Gasteiger partial charge >= 0.3 is 6.18 Å². The summed E-state index contributed by atoms with van der Waals surface area (Å²) in [6.45, 7) is 5.44. The second-order valence-electron chi connectivity index (χ2n) is 9.83. The van der Waals surface area contributed by atoms with Gasteiger partial charge in [0.05, 0.1) is 16.0 Å². The zero-order chi connectivity index (χ0) is 28.3. The minimum absolute atomic E-state index is 0.220. The van der Waals surface area contributed by atoms with E-state index in [0.717, 1.165) is 42.8 Å². The van der Waals surface area contributed by atoms with Crippen molar-refractivity contribution in [2.75, 3.05) is 18.4 Å². The number of nitrogens with zero attached hydrogens (tertiary/aromatic N) is 4. The minimum atomic E-state index is -4.42. The molecule has 1 unspecified atom stereocenters. The van der Waals surface area contributed by atoms with Gasteiger partial charge in [0.1, 0.15) is 11.3 Å². The number of hydrogen-bond acceptors (Lipinski definition) is 7. The summed E-state index contributed by atoms with van der Waals surface area (Å²) in [6.07, 6.45) is 0.813. The molecule has 2 aromatic heterocycles. The smallest absolute Gasteiger partial charge is 0.416 e. The van der Waals surface area contributed by atoms with Crippen molar-refractivity contribution in [1.29, 1.82) is 0 Å². The van der Waals surface area contributed by atoms with Crippen LogP contribution in [0.5, 0.6) is 11.6 Å². The third-order valence-corrected chi connectivity index (χ3v) is 7.92. The normalized spacial score (nSPS) is 16.3. The lowest BCUT2D eigenvalue weighted by atomic mass is 10.00. The molecule has 0 saturated carbocycles. The number of carbonyl (C=O) groups excluding carboxylic acids is 1. The predicted molar refractivity (Wildman–Crippen MR) is 150 cm³/mol. The van der Waals surface area contributed by atoms with Crippen LogP contribution in [0.2, 0.25) is 0 Å². The van der Waals surface area contributed by atoms with E-state index in [4.69, 9.17) is 9.72 Å². The Morgan fingerprint density at radius 3 is 2.65 bits per heavy atom. The number of fused-ring (bicyclic) bond motifs is 1. The molecule has 1 N–H and O–H groups in total. The standard InChI is InChI=1S/C29H30F3N5O2S/c1-3-21-7-4-5-15-37(21)16-14-25-34-22(19-10-12-20(13-11-19)29(30,31)32)17-26(35-25)39-23-8-6-9-24-27(23)36-28(40-24)33-18(2)38/h6,8-13,17,21H,3-5,7,14-16H2,1-2H3,(H,33,36,38). The number of hydrogen-bond donors (Lipinski definition) is 1. The van der Waals surface area contributed by atoms with Crippen LogP contribution in [0.15, 0.2) is 48.5 Å². The molecule has 40 heavy (non-hydrogen) atoms. The van der Waals surface area contributed by atoms with Gasteiger partial charge in [-0.3, -0.25) is 9.69 Å². The topological polar surface area (TPSA) is 80.2 Å². The van der Waals surface area contributed by atoms with Gasteiger partial charge in [-0.25, -0.2) is 9.97 Å². The number of halogens is 3. The Bertz CT molecular complexity index is 1490. The van der Waals surface area contributed by atoms with Crippen molar-refractivity contribution in [3.8, 4) is 22.9 Å². The van der Waals surface area contributed by atoms with Gasteiger partial charge in [-0.2, -0.15) is 18.2 Å². The third-order valence-electron chi connectivity index (χ3n) is 6.98. The van der Waals surface area contributed by atoms with Crippen molar-refractivity contribution in [3.05, 3.63) is 59.9 Å². The molecule has 0 aliphatic carbocycles. The number of rotatable bonds is 8. The number of piperidine rings is 1. The number of nitrogens with one attached hydrogen (secondary N) is 1. The van der Waals surface area contributed by atoms with Crippen molar-refractivity contribution in [2.24, 2.45) is 0 Å². The molecular weight excluding hydrogens is 539 g/mol. The zero-order valence-corrected chi connectivity index (χ0v) is 23.1. The quantitative estimate of drug-likeness (QED) is 0.239. The third kappa shape index (κ3) is 6.59. The van der Waals surface area contributed by atoms with E-state index in [-0.39, 0.29) is 11.8 Å². The fourth-order valence-electron chi connectivity index (χ4n) is 5.00. The van der Waals surface area contributed by atoms with Gasteiger partial charge in [0.25, 0.3) is 0 Å². The number of ether oxygens (including phenoxy) is 1. The number of anilines is 1. The maximum atomic E-state index is 13.2. The maximum Gasteiger partial charge on any atom is 0.416 e.